The van der Waals surface area contributed by atoms with Crippen LogP contribution in [0.5, 0.6) is 0 Å². The molecule has 0 unspecified atom stereocenters. The average molecular weight is 263 g/mol. The molecule has 1 aromatic heterocycles. The van der Waals surface area contributed by atoms with Gasteiger partial charge in [0.05, 0.1) is 11.2 Å². The number of rotatable bonds is 2. The molecule has 18 heavy (non-hydrogen) atoms. The average Bonchev–Trinajstić information content (AvgIpc) is 2.74. The molecule has 0 amide bonds. The van der Waals surface area contributed by atoms with Crippen molar-refractivity contribution in [3.8, 4) is 11.3 Å². The normalized spacial score (nSPS) is 11.6. The number of carbonyl (C=O) groups is 1. The lowest BCUT2D eigenvalue weighted by Crippen LogP contribution is -2.24. The van der Waals surface area contributed by atoms with Crippen LogP contribution in [0, 0.1) is 0 Å². The van der Waals surface area contributed by atoms with Crippen LogP contribution < -0.4 is 0 Å². The predicted molar refractivity (Wildman–Crippen MR) is 73.1 cm³/mol. The van der Waals surface area contributed by atoms with Gasteiger partial charge in [0.2, 0.25) is 0 Å². The highest BCUT2D eigenvalue weighted by Crippen LogP contribution is 2.27. The summed E-state index contributed by atoms with van der Waals surface area (Å²) in [7, 11) is 0. The fourth-order valence-electron chi connectivity index (χ4n) is 1.79. The molecule has 1 aromatic carbocycles. The Morgan fingerprint density at radius 1 is 1.22 bits per heavy atom. The molecule has 0 fully saturated rings. The minimum atomic E-state index is -0.184. The lowest BCUT2D eigenvalue weighted by molar-refractivity contribution is 0.111. The van der Waals surface area contributed by atoms with Crippen LogP contribution >= 0.6 is 11.6 Å². The summed E-state index contributed by atoms with van der Waals surface area (Å²) in [5.41, 5.74) is 2.17. The molecular formula is C14H15ClN2O. The summed E-state index contributed by atoms with van der Waals surface area (Å²) in [6.07, 6.45) is 0.766. The lowest BCUT2D eigenvalue weighted by Gasteiger charge is -2.22. The Kier molecular flexibility index (Phi) is 3.26. The lowest BCUT2D eigenvalue weighted by atomic mass is 10.1. The Morgan fingerprint density at radius 3 is 2.33 bits per heavy atom. The number of nitrogens with zero attached hydrogens (tertiary/aromatic N) is 2. The number of carbonyl (C=O) groups excluding carboxylic acids is 1. The van der Waals surface area contributed by atoms with Gasteiger partial charge in [-0.05, 0) is 44.5 Å². The number of hydrogen-bond acceptors (Lipinski definition) is 2. The van der Waals surface area contributed by atoms with Crippen LogP contribution in [0.2, 0.25) is 5.02 Å². The van der Waals surface area contributed by atoms with Crippen molar-refractivity contribution in [2.24, 2.45) is 0 Å². The van der Waals surface area contributed by atoms with Gasteiger partial charge < -0.3 is 0 Å². The highest BCUT2D eigenvalue weighted by molar-refractivity contribution is 6.30. The molecule has 0 N–H and O–H groups in total. The van der Waals surface area contributed by atoms with Crippen molar-refractivity contribution < 1.29 is 4.79 Å². The van der Waals surface area contributed by atoms with Crippen LogP contribution in [0.15, 0.2) is 30.3 Å². The van der Waals surface area contributed by atoms with Gasteiger partial charge in [-0.15, -0.1) is 0 Å². The van der Waals surface area contributed by atoms with Gasteiger partial charge in [-0.1, -0.05) is 23.7 Å². The molecule has 3 nitrogen and oxygen atoms in total. The van der Waals surface area contributed by atoms with E-state index >= 15 is 0 Å². The van der Waals surface area contributed by atoms with Crippen LogP contribution in [0.1, 0.15) is 31.3 Å². The van der Waals surface area contributed by atoms with Crippen LogP contribution in [0.4, 0.5) is 0 Å². The van der Waals surface area contributed by atoms with E-state index in [4.69, 9.17) is 11.6 Å². The van der Waals surface area contributed by atoms with Crippen molar-refractivity contribution in [1.29, 1.82) is 0 Å². The van der Waals surface area contributed by atoms with E-state index in [9.17, 15) is 4.79 Å². The van der Waals surface area contributed by atoms with Crippen LogP contribution in [-0.4, -0.2) is 16.1 Å². The minimum Gasteiger partial charge on any atom is -0.296 e. The molecular weight excluding hydrogens is 248 g/mol. The summed E-state index contributed by atoms with van der Waals surface area (Å²) in [6, 6.07) is 9.31. The zero-order valence-corrected chi connectivity index (χ0v) is 11.4. The van der Waals surface area contributed by atoms with Crippen molar-refractivity contribution in [1.82, 2.24) is 9.78 Å². The number of benzene rings is 1. The van der Waals surface area contributed by atoms with E-state index in [0.29, 0.717) is 10.7 Å². The fraction of sp³-hybridized carbons (Fsp3) is 0.286. The van der Waals surface area contributed by atoms with E-state index < -0.39 is 0 Å². The van der Waals surface area contributed by atoms with E-state index in [0.717, 1.165) is 17.5 Å². The number of hydrogen-bond donors (Lipinski definition) is 0. The smallest absolute Gasteiger partial charge is 0.170 e. The minimum absolute atomic E-state index is 0.184. The second-order valence-electron chi connectivity index (χ2n) is 5.16. The molecule has 2 aromatic rings. The first kappa shape index (κ1) is 12.8. The van der Waals surface area contributed by atoms with Crippen molar-refractivity contribution in [2.75, 3.05) is 0 Å². The van der Waals surface area contributed by atoms with Gasteiger partial charge in [0.15, 0.2) is 6.29 Å². The predicted octanol–water partition coefficient (Wildman–Crippen LogP) is 3.77. The Morgan fingerprint density at radius 2 is 1.83 bits per heavy atom. The monoisotopic (exact) mass is 262 g/mol. The molecule has 0 aliphatic heterocycles. The Hall–Kier alpha value is -1.61. The van der Waals surface area contributed by atoms with Gasteiger partial charge in [-0.3, -0.25) is 9.48 Å². The van der Waals surface area contributed by atoms with Gasteiger partial charge in [-0.25, -0.2) is 0 Å². The summed E-state index contributed by atoms with van der Waals surface area (Å²) in [5, 5.41) is 5.01. The zero-order chi connectivity index (χ0) is 13.3. The van der Waals surface area contributed by atoms with Crippen molar-refractivity contribution in [3.63, 3.8) is 0 Å². The summed E-state index contributed by atoms with van der Waals surface area (Å²) in [5.74, 6) is 0. The molecule has 4 heteroatoms. The van der Waals surface area contributed by atoms with Crippen LogP contribution in [0.3, 0.4) is 0 Å². The summed E-state index contributed by atoms with van der Waals surface area (Å²) in [4.78, 5) is 10.9. The molecule has 2 rings (SSSR count). The van der Waals surface area contributed by atoms with Gasteiger partial charge in [0.1, 0.15) is 5.69 Å². The zero-order valence-electron chi connectivity index (χ0n) is 10.6. The second-order valence-corrected chi connectivity index (χ2v) is 5.60. The third-order valence-corrected chi connectivity index (χ3v) is 2.88. The Bertz CT molecular complexity index is 564. The highest BCUT2D eigenvalue weighted by Gasteiger charge is 2.20. The number of halogens is 1. The van der Waals surface area contributed by atoms with E-state index in [1.165, 1.54) is 0 Å². The topological polar surface area (TPSA) is 34.9 Å². The Balaban J connectivity index is 2.59. The maximum Gasteiger partial charge on any atom is 0.170 e. The third kappa shape index (κ3) is 2.46. The van der Waals surface area contributed by atoms with Gasteiger partial charge in [-0.2, -0.15) is 5.10 Å². The number of aldehydes is 1. The standard InChI is InChI=1S/C14H15ClN2O/c1-14(2,3)17-13(8-12(9-18)16-17)10-4-6-11(15)7-5-10/h4-9H,1-3H3. The van der Waals surface area contributed by atoms with Crippen LogP contribution in [0.25, 0.3) is 11.3 Å². The molecule has 0 aliphatic rings. The largest absolute Gasteiger partial charge is 0.296 e. The highest BCUT2D eigenvalue weighted by atomic mass is 35.5. The first-order valence-corrected chi connectivity index (χ1v) is 6.11. The van der Waals surface area contributed by atoms with E-state index in [-0.39, 0.29) is 5.54 Å². The fourth-order valence-corrected chi connectivity index (χ4v) is 1.92. The van der Waals surface area contributed by atoms with E-state index in [1.54, 1.807) is 6.07 Å². The first-order chi connectivity index (χ1) is 8.41. The van der Waals surface area contributed by atoms with Crippen molar-refractivity contribution in [2.45, 2.75) is 26.3 Å². The maximum atomic E-state index is 10.9. The third-order valence-electron chi connectivity index (χ3n) is 2.62. The quantitative estimate of drug-likeness (QED) is 0.772. The molecule has 94 valence electrons. The molecule has 0 spiro atoms. The Labute approximate surface area is 111 Å². The summed E-state index contributed by atoms with van der Waals surface area (Å²) < 4.78 is 1.86. The molecule has 0 radical (unpaired) electrons. The molecule has 0 saturated heterocycles. The van der Waals surface area contributed by atoms with Gasteiger partial charge in [0, 0.05) is 5.02 Å². The first-order valence-electron chi connectivity index (χ1n) is 5.73. The van der Waals surface area contributed by atoms with E-state index in [2.05, 4.69) is 5.10 Å². The molecule has 0 saturated carbocycles. The molecule has 0 atom stereocenters. The van der Waals surface area contributed by atoms with Crippen molar-refractivity contribution >= 4 is 17.9 Å². The van der Waals surface area contributed by atoms with Crippen LogP contribution in [-0.2, 0) is 5.54 Å². The van der Waals surface area contributed by atoms with E-state index in [1.807, 2.05) is 49.7 Å². The van der Waals surface area contributed by atoms with Gasteiger partial charge >= 0.3 is 0 Å². The summed E-state index contributed by atoms with van der Waals surface area (Å²) in [6.45, 7) is 6.15. The second kappa shape index (κ2) is 4.58. The summed E-state index contributed by atoms with van der Waals surface area (Å²) >= 11 is 5.88. The molecule has 1 heterocycles. The molecule has 0 aliphatic carbocycles. The molecule has 0 bridgehead atoms. The SMILES string of the molecule is CC(C)(C)n1nc(C=O)cc1-c1ccc(Cl)cc1. The number of aromatic nitrogens is 2. The van der Waals surface area contributed by atoms with Gasteiger partial charge in [0.25, 0.3) is 0 Å². The maximum absolute atomic E-state index is 10.9. The van der Waals surface area contributed by atoms with Crippen molar-refractivity contribution in [3.05, 3.63) is 41.0 Å².